The van der Waals surface area contributed by atoms with Crippen LogP contribution in [0.3, 0.4) is 0 Å². The highest BCUT2D eigenvalue weighted by Gasteiger charge is 2.24. The minimum Gasteiger partial charge on any atom is -0.478 e. The summed E-state index contributed by atoms with van der Waals surface area (Å²) in [5.74, 6) is -1.28. The van der Waals surface area contributed by atoms with Crippen molar-refractivity contribution in [2.24, 2.45) is 11.8 Å². The fourth-order valence-corrected chi connectivity index (χ4v) is 2.73. The first-order chi connectivity index (χ1) is 16.2. The maximum atomic E-state index is 10.7. The first-order valence-corrected chi connectivity index (χ1v) is 11.7. The van der Waals surface area contributed by atoms with Crippen molar-refractivity contribution in [1.29, 1.82) is 0 Å². The van der Waals surface area contributed by atoms with Gasteiger partial charge in [0.25, 0.3) is 0 Å². The van der Waals surface area contributed by atoms with Crippen LogP contribution in [0.5, 0.6) is 0 Å². The van der Waals surface area contributed by atoms with E-state index in [9.17, 15) is 15.0 Å². The molecule has 186 valence electrons. The van der Waals surface area contributed by atoms with Gasteiger partial charge >= 0.3 is 5.97 Å². The quantitative estimate of drug-likeness (QED) is 0.109. The molecule has 0 rings (SSSR count). The van der Waals surface area contributed by atoms with Gasteiger partial charge in [0.15, 0.2) is 0 Å². The molecule has 0 saturated heterocycles. The summed E-state index contributed by atoms with van der Waals surface area (Å²) < 4.78 is 0. The highest BCUT2D eigenvalue weighted by atomic mass is 16.4. The Bertz CT molecular complexity index is 843. The Labute approximate surface area is 206 Å². The highest BCUT2D eigenvalue weighted by molar-refractivity contribution is 5.86. The summed E-state index contributed by atoms with van der Waals surface area (Å²) in [4.78, 5) is 10.7. The van der Waals surface area contributed by atoms with E-state index in [0.717, 1.165) is 12.8 Å². The molecular formula is C30H42O4. The van der Waals surface area contributed by atoms with Gasteiger partial charge in [0, 0.05) is 17.4 Å². The first kappa shape index (κ1) is 31.0. The molecule has 0 aliphatic heterocycles. The van der Waals surface area contributed by atoms with Crippen LogP contribution in [0.15, 0.2) is 108 Å². The molecule has 4 nitrogen and oxygen atoms in total. The molecule has 0 aromatic rings. The van der Waals surface area contributed by atoms with Crippen LogP contribution in [0.1, 0.15) is 47.5 Å². The van der Waals surface area contributed by atoms with Gasteiger partial charge in [-0.15, -0.1) is 0 Å². The Kier molecular flexibility index (Phi) is 17.8. The third-order valence-electron chi connectivity index (χ3n) is 5.00. The molecule has 0 amide bonds. The average molecular weight is 467 g/mol. The van der Waals surface area contributed by atoms with Crippen molar-refractivity contribution in [1.82, 2.24) is 0 Å². The predicted octanol–water partition coefficient (Wildman–Crippen LogP) is 6.65. The number of carboxylic acid groups (broad SMARTS) is 1. The molecule has 0 aromatic heterocycles. The number of aliphatic hydroxyl groups excluding tert-OH is 2. The monoisotopic (exact) mass is 466 g/mol. The molecule has 4 atom stereocenters. The number of hydrogen-bond acceptors (Lipinski definition) is 3. The number of carboxylic acids is 1. The second-order valence-corrected chi connectivity index (χ2v) is 8.46. The molecule has 0 spiro atoms. The number of hydrogen-bond donors (Lipinski definition) is 3. The SMILES string of the molecule is CC(C)=C/C=C/C=C/C=C/C=C/C(O)C(C)C(O)C(C)/C=C/CC/C=C/C=C/C=C(\C)C(=O)O. The number of aliphatic hydroxyl groups is 2. The lowest BCUT2D eigenvalue weighted by molar-refractivity contribution is -0.132. The second-order valence-electron chi connectivity index (χ2n) is 8.46. The van der Waals surface area contributed by atoms with Crippen LogP contribution in [0.2, 0.25) is 0 Å². The van der Waals surface area contributed by atoms with E-state index in [1.54, 1.807) is 37.3 Å². The fourth-order valence-electron chi connectivity index (χ4n) is 2.73. The largest absolute Gasteiger partial charge is 0.478 e. The summed E-state index contributed by atoms with van der Waals surface area (Å²) >= 11 is 0. The molecule has 4 unspecified atom stereocenters. The Morgan fingerprint density at radius 3 is 1.85 bits per heavy atom. The van der Waals surface area contributed by atoms with E-state index in [1.165, 1.54) is 5.57 Å². The molecule has 0 radical (unpaired) electrons. The topological polar surface area (TPSA) is 77.8 Å². The number of allylic oxidation sites excluding steroid dienone is 15. The highest BCUT2D eigenvalue weighted by Crippen LogP contribution is 2.19. The molecule has 0 saturated carbocycles. The minimum absolute atomic E-state index is 0.0721. The summed E-state index contributed by atoms with van der Waals surface area (Å²) in [6.07, 6.45) is 30.3. The third kappa shape index (κ3) is 16.7. The average Bonchev–Trinajstić information content (AvgIpc) is 2.79. The number of carbonyl (C=O) groups is 1. The van der Waals surface area contributed by atoms with E-state index < -0.39 is 18.2 Å². The zero-order chi connectivity index (χ0) is 25.8. The van der Waals surface area contributed by atoms with Crippen molar-refractivity contribution in [2.75, 3.05) is 0 Å². The summed E-state index contributed by atoms with van der Waals surface area (Å²) in [5, 5.41) is 29.7. The van der Waals surface area contributed by atoms with Gasteiger partial charge in [0.1, 0.15) is 0 Å². The molecule has 0 aromatic carbocycles. The van der Waals surface area contributed by atoms with Crippen LogP contribution in [0.25, 0.3) is 0 Å². The van der Waals surface area contributed by atoms with Gasteiger partial charge in [-0.05, 0) is 33.6 Å². The molecule has 34 heavy (non-hydrogen) atoms. The number of unbranched alkanes of at least 4 members (excludes halogenated alkanes) is 1. The predicted molar refractivity (Wildman–Crippen MR) is 144 cm³/mol. The molecular weight excluding hydrogens is 424 g/mol. The van der Waals surface area contributed by atoms with E-state index in [4.69, 9.17) is 5.11 Å². The summed E-state index contributed by atoms with van der Waals surface area (Å²) in [6.45, 7) is 9.43. The van der Waals surface area contributed by atoms with Gasteiger partial charge in [-0.3, -0.25) is 0 Å². The molecule has 0 fully saturated rings. The lowest BCUT2D eigenvalue weighted by atomic mass is 9.88. The minimum atomic E-state index is -0.920. The zero-order valence-corrected chi connectivity index (χ0v) is 21.2. The zero-order valence-electron chi connectivity index (χ0n) is 21.2. The standard InChI is InChI=1S/C30H42O4/c1-24(2)20-16-12-8-6-11-15-19-23-28(31)27(5)29(32)25(3)21-17-13-9-7-10-14-18-22-26(4)30(33)34/h6-8,10-12,14-23,25,27-29,31-32H,9,13H2,1-5H3,(H,33,34)/b8-6+,10-7+,15-11+,16-12+,18-14+,21-17+,23-19+,26-22+. The van der Waals surface area contributed by atoms with Gasteiger partial charge in [-0.1, -0.05) is 117 Å². The molecule has 3 N–H and O–H groups in total. The van der Waals surface area contributed by atoms with Crippen molar-refractivity contribution >= 4 is 5.97 Å². The van der Waals surface area contributed by atoms with Crippen LogP contribution >= 0.6 is 0 Å². The first-order valence-electron chi connectivity index (χ1n) is 11.7. The number of rotatable bonds is 15. The van der Waals surface area contributed by atoms with Crippen LogP contribution in [0, 0.1) is 11.8 Å². The Hall–Kier alpha value is -2.95. The molecule has 4 heteroatoms. The van der Waals surface area contributed by atoms with Gasteiger partial charge in [-0.2, -0.15) is 0 Å². The molecule has 0 bridgehead atoms. The molecule has 0 heterocycles. The maximum Gasteiger partial charge on any atom is 0.331 e. The van der Waals surface area contributed by atoms with E-state index in [2.05, 4.69) is 0 Å². The lowest BCUT2D eigenvalue weighted by Crippen LogP contribution is -2.32. The molecule has 0 aliphatic carbocycles. The van der Waals surface area contributed by atoms with E-state index in [1.807, 2.05) is 94.5 Å². The smallest absolute Gasteiger partial charge is 0.331 e. The van der Waals surface area contributed by atoms with Gasteiger partial charge < -0.3 is 15.3 Å². The Morgan fingerprint density at radius 1 is 0.706 bits per heavy atom. The van der Waals surface area contributed by atoms with Crippen molar-refractivity contribution in [3.05, 3.63) is 108 Å². The number of aliphatic carboxylic acids is 1. The van der Waals surface area contributed by atoms with Gasteiger partial charge in [0.2, 0.25) is 0 Å². The van der Waals surface area contributed by atoms with Crippen molar-refractivity contribution in [2.45, 2.75) is 59.7 Å². The maximum absolute atomic E-state index is 10.7. The lowest BCUT2D eigenvalue weighted by Gasteiger charge is -2.25. The summed E-state index contributed by atoms with van der Waals surface area (Å²) in [5.41, 5.74) is 1.54. The van der Waals surface area contributed by atoms with E-state index >= 15 is 0 Å². The van der Waals surface area contributed by atoms with Crippen LogP contribution < -0.4 is 0 Å². The Balaban J connectivity index is 4.39. The van der Waals surface area contributed by atoms with Crippen molar-refractivity contribution in [3.63, 3.8) is 0 Å². The van der Waals surface area contributed by atoms with Gasteiger partial charge in [0.05, 0.1) is 12.2 Å². The van der Waals surface area contributed by atoms with Crippen molar-refractivity contribution < 1.29 is 20.1 Å². The third-order valence-corrected chi connectivity index (χ3v) is 5.00. The van der Waals surface area contributed by atoms with Crippen LogP contribution in [0.4, 0.5) is 0 Å². The normalized spacial score (nSPS) is 17.2. The summed E-state index contributed by atoms with van der Waals surface area (Å²) in [7, 11) is 0. The van der Waals surface area contributed by atoms with E-state index in [0.29, 0.717) is 5.57 Å². The van der Waals surface area contributed by atoms with Gasteiger partial charge in [-0.25, -0.2) is 4.79 Å². The molecule has 0 aliphatic rings. The van der Waals surface area contributed by atoms with Crippen LogP contribution in [-0.4, -0.2) is 33.5 Å². The fraction of sp³-hybridized carbons (Fsp3) is 0.367. The summed E-state index contributed by atoms with van der Waals surface area (Å²) in [6, 6.07) is 0. The Morgan fingerprint density at radius 2 is 1.24 bits per heavy atom. The van der Waals surface area contributed by atoms with E-state index in [-0.39, 0.29) is 11.8 Å². The van der Waals surface area contributed by atoms with Crippen molar-refractivity contribution in [3.8, 4) is 0 Å². The van der Waals surface area contributed by atoms with Crippen LogP contribution in [-0.2, 0) is 4.79 Å². The second kappa shape index (κ2) is 19.5.